The molecule has 2 aliphatic heterocycles. The minimum absolute atomic E-state index is 0.217. The van der Waals surface area contributed by atoms with Gasteiger partial charge in [-0.05, 0) is 98.2 Å². The molecule has 4 aromatic heterocycles. The number of nitrogens with two attached hydrogens (primary N) is 1. The van der Waals surface area contributed by atoms with Crippen molar-refractivity contribution in [1.29, 1.82) is 5.26 Å². The molecule has 0 unspecified atom stereocenters. The van der Waals surface area contributed by atoms with E-state index in [1.807, 2.05) is 68.7 Å². The predicted molar refractivity (Wildman–Crippen MR) is 201 cm³/mol. The summed E-state index contributed by atoms with van der Waals surface area (Å²) >= 11 is 0. The average molecular weight is 683 g/mol. The van der Waals surface area contributed by atoms with Gasteiger partial charge in [-0.2, -0.15) is 5.26 Å². The Kier molecular flexibility index (Phi) is 10.6. The number of hydrogen-bond donors (Lipinski definition) is 1. The van der Waals surface area contributed by atoms with Crippen molar-refractivity contribution >= 4 is 22.8 Å². The lowest BCUT2D eigenvalue weighted by Crippen LogP contribution is -2.60. The maximum Gasteiger partial charge on any atom is 0.234 e. The number of likely N-dealkylation sites (tertiary alicyclic amines) is 1. The highest BCUT2D eigenvalue weighted by molar-refractivity contribution is 5.84. The van der Waals surface area contributed by atoms with Crippen LogP contribution in [-0.2, 0) is 6.54 Å². The van der Waals surface area contributed by atoms with Crippen molar-refractivity contribution in [2.45, 2.75) is 47.1 Å². The molecule has 6 aromatic rings. The second kappa shape index (κ2) is 15.4. The van der Waals surface area contributed by atoms with Gasteiger partial charge in [0.25, 0.3) is 0 Å². The second-order valence-electron chi connectivity index (χ2n) is 12.4. The molecule has 2 saturated heterocycles. The van der Waals surface area contributed by atoms with Gasteiger partial charge < -0.3 is 10.6 Å². The molecule has 2 aliphatic rings. The number of nitriles is 1. The topological polar surface area (TPSA) is 126 Å². The van der Waals surface area contributed by atoms with Gasteiger partial charge in [-0.1, -0.05) is 39.8 Å². The van der Waals surface area contributed by atoms with Gasteiger partial charge in [0.05, 0.1) is 11.3 Å². The van der Waals surface area contributed by atoms with Gasteiger partial charge in [-0.25, -0.2) is 29.3 Å². The summed E-state index contributed by atoms with van der Waals surface area (Å²) in [5.41, 5.74) is 12.4. The summed E-state index contributed by atoms with van der Waals surface area (Å²) in [5, 5.41) is 9.14. The first-order valence-corrected chi connectivity index (χ1v) is 17.6. The molecule has 0 bridgehead atoms. The van der Waals surface area contributed by atoms with Crippen molar-refractivity contribution in [2.75, 3.05) is 36.8 Å². The Hall–Kier alpha value is -5.73. The van der Waals surface area contributed by atoms with Gasteiger partial charge in [-0.3, -0.25) is 9.47 Å². The molecule has 51 heavy (non-hydrogen) atoms. The predicted octanol–water partition coefficient (Wildman–Crippen LogP) is 7.69. The van der Waals surface area contributed by atoms with E-state index in [1.54, 1.807) is 24.5 Å². The lowest BCUT2D eigenvalue weighted by molar-refractivity contribution is 0.0719. The highest BCUT2D eigenvalue weighted by Crippen LogP contribution is 2.42. The van der Waals surface area contributed by atoms with Crippen molar-refractivity contribution in [1.82, 2.24) is 34.4 Å². The number of benzene rings is 2. The number of nitrogens with zero attached hydrogens (tertiary/aromatic N) is 9. The molecule has 0 aliphatic carbocycles. The molecule has 0 radical (unpaired) electrons. The van der Waals surface area contributed by atoms with Crippen LogP contribution in [0, 0.1) is 22.6 Å². The third-order valence-electron chi connectivity index (χ3n) is 9.36. The van der Waals surface area contributed by atoms with Crippen LogP contribution < -0.4 is 10.6 Å². The molecule has 260 valence electrons. The van der Waals surface area contributed by atoms with Crippen LogP contribution in [0.25, 0.3) is 39.5 Å². The van der Waals surface area contributed by atoms with Crippen molar-refractivity contribution in [3.63, 3.8) is 0 Å². The summed E-state index contributed by atoms with van der Waals surface area (Å²) < 4.78 is 15.6. The molecule has 0 amide bonds. The van der Waals surface area contributed by atoms with Gasteiger partial charge in [0.15, 0.2) is 11.5 Å². The van der Waals surface area contributed by atoms with E-state index >= 15 is 0 Å². The maximum absolute atomic E-state index is 13.6. The summed E-state index contributed by atoms with van der Waals surface area (Å²) in [6.07, 6.45) is 5.60. The van der Waals surface area contributed by atoms with Crippen molar-refractivity contribution in [3.05, 3.63) is 108 Å². The van der Waals surface area contributed by atoms with Crippen LogP contribution in [0.2, 0.25) is 0 Å². The fraction of sp³-hybridized carbons (Fsp3) is 0.300. The van der Waals surface area contributed by atoms with Crippen LogP contribution in [0.5, 0.6) is 0 Å². The van der Waals surface area contributed by atoms with Gasteiger partial charge >= 0.3 is 0 Å². The first-order valence-electron chi connectivity index (χ1n) is 17.6. The van der Waals surface area contributed by atoms with Gasteiger partial charge in [-0.15, -0.1) is 0 Å². The Bertz CT molecular complexity index is 2120. The fourth-order valence-electron chi connectivity index (χ4n) is 6.79. The Morgan fingerprint density at radius 2 is 1.55 bits per heavy atom. The van der Waals surface area contributed by atoms with Gasteiger partial charge in [0, 0.05) is 48.7 Å². The third kappa shape index (κ3) is 7.28. The summed E-state index contributed by atoms with van der Waals surface area (Å²) in [6, 6.07) is 26.4. The number of halogens is 1. The van der Waals surface area contributed by atoms with Crippen LogP contribution in [0.1, 0.15) is 51.9 Å². The highest BCUT2D eigenvalue weighted by atomic mass is 19.1. The smallest absolute Gasteiger partial charge is 0.234 e. The normalized spacial score (nSPS) is 14.9. The van der Waals surface area contributed by atoms with E-state index < -0.39 is 0 Å². The molecule has 11 heteroatoms. The number of nitrogen functional groups attached to an aromatic ring is 1. The van der Waals surface area contributed by atoms with Crippen LogP contribution in [0.3, 0.4) is 0 Å². The van der Waals surface area contributed by atoms with Crippen molar-refractivity contribution in [3.8, 4) is 34.4 Å². The summed E-state index contributed by atoms with van der Waals surface area (Å²) in [5.74, 6) is 1.81. The zero-order chi connectivity index (χ0) is 36.0. The molecule has 6 heterocycles. The number of rotatable bonds is 6. The average Bonchev–Trinajstić information content (AvgIpc) is 3.55. The third-order valence-corrected chi connectivity index (χ3v) is 9.36. The molecule has 2 N–H and O–H groups in total. The molecular formula is C40H43FN10. The molecule has 1 spiro atoms. The highest BCUT2D eigenvalue weighted by Gasteiger charge is 2.45. The quantitative estimate of drug-likeness (QED) is 0.188. The SMILES string of the molecule is CC.CC.N#Cc1nccc(N2CC3(CCN(Cc4ccc(-n5c(-c6cccnc6N)nc6ccc(-c7ccc(F)cc7)nc65)cc4)CC3)C2)n1. The van der Waals surface area contributed by atoms with Gasteiger partial charge in [0.1, 0.15) is 29.0 Å². The van der Waals surface area contributed by atoms with E-state index in [0.29, 0.717) is 22.7 Å². The molecule has 0 atom stereocenters. The Morgan fingerprint density at radius 3 is 2.24 bits per heavy atom. The second-order valence-corrected chi connectivity index (χ2v) is 12.4. The van der Waals surface area contributed by atoms with E-state index in [4.69, 9.17) is 21.0 Å². The standard InChI is InChI=1S/C36H31FN10.2C2H6/c37-26-7-5-25(6-8-26)29-11-12-30-35(42-29)47(34(43-30)28-2-1-16-41-33(28)39)27-9-3-24(4-10-27)21-45-18-14-36(15-19-45)22-46(23-36)32-13-17-40-31(20-38)44-32;2*1-2/h1-13,16-17H,14-15,18-19,21-23H2,(H2,39,41);2*1-2H3. The number of fused-ring (bicyclic) bond motifs is 1. The molecule has 2 fully saturated rings. The summed E-state index contributed by atoms with van der Waals surface area (Å²) in [4.78, 5) is 27.4. The minimum Gasteiger partial charge on any atom is -0.383 e. The Morgan fingerprint density at radius 1 is 0.824 bits per heavy atom. The lowest BCUT2D eigenvalue weighted by atomic mass is 9.72. The zero-order valence-electron chi connectivity index (χ0n) is 29.6. The van der Waals surface area contributed by atoms with E-state index in [1.165, 1.54) is 17.7 Å². The number of piperidine rings is 1. The molecule has 8 rings (SSSR count). The van der Waals surface area contributed by atoms with Gasteiger partial charge in [0.2, 0.25) is 5.82 Å². The van der Waals surface area contributed by atoms with Crippen molar-refractivity contribution in [2.24, 2.45) is 5.41 Å². The molecular weight excluding hydrogens is 640 g/mol. The van der Waals surface area contributed by atoms with Crippen LogP contribution in [0.15, 0.2) is 91.3 Å². The Balaban J connectivity index is 0.00000108. The molecule has 2 aromatic carbocycles. The van der Waals surface area contributed by atoms with E-state index in [2.05, 4.69) is 49.0 Å². The first-order chi connectivity index (χ1) is 25.0. The fourth-order valence-corrected chi connectivity index (χ4v) is 6.79. The number of aromatic nitrogens is 6. The number of anilines is 2. The summed E-state index contributed by atoms with van der Waals surface area (Å²) in [7, 11) is 0. The largest absolute Gasteiger partial charge is 0.383 e. The van der Waals surface area contributed by atoms with Crippen LogP contribution >= 0.6 is 0 Å². The van der Waals surface area contributed by atoms with Crippen LogP contribution in [-0.4, -0.2) is 60.6 Å². The zero-order valence-corrected chi connectivity index (χ0v) is 29.6. The number of pyridine rings is 2. The number of imidazole rings is 1. The van der Waals surface area contributed by atoms with E-state index in [0.717, 1.165) is 79.4 Å². The van der Waals surface area contributed by atoms with E-state index in [-0.39, 0.29) is 11.6 Å². The monoisotopic (exact) mass is 682 g/mol. The minimum atomic E-state index is -0.289. The maximum atomic E-state index is 13.6. The molecule has 10 nitrogen and oxygen atoms in total. The van der Waals surface area contributed by atoms with Crippen LogP contribution in [0.4, 0.5) is 16.0 Å². The van der Waals surface area contributed by atoms with Crippen molar-refractivity contribution < 1.29 is 4.39 Å². The van der Waals surface area contributed by atoms with E-state index in [9.17, 15) is 4.39 Å². The molecule has 0 saturated carbocycles. The number of hydrogen-bond acceptors (Lipinski definition) is 9. The first kappa shape index (κ1) is 35.1. The lowest BCUT2D eigenvalue weighted by Gasteiger charge is -2.54. The summed E-state index contributed by atoms with van der Waals surface area (Å²) in [6.45, 7) is 12.9. The Labute approximate surface area is 298 Å².